The van der Waals surface area contributed by atoms with Crippen LogP contribution in [-0.2, 0) is 4.79 Å². The second kappa shape index (κ2) is 14.3. The van der Waals surface area contributed by atoms with E-state index in [-0.39, 0.29) is 0 Å². The third-order valence-electron chi connectivity index (χ3n) is 6.02. The first kappa shape index (κ1) is 23.5. The number of hydrogen-bond donors (Lipinski definition) is 1. The van der Waals surface area contributed by atoms with Gasteiger partial charge in [-0.15, -0.1) is 0 Å². The Hall–Kier alpha value is -1.77. The molecule has 2 rings (SSSR count). The third kappa shape index (κ3) is 9.06. The van der Waals surface area contributed by atoms with Crippen LogP contribution in [0.15, 0.2) is 24.3 Å². The number of ether oxygens (including phenoxy) is 1. The van der Waals surface area contributed by atoms with Gasteiger partial charge in [0.1, 0.15) is 5.75 Å². The summed E-state index contributed by atoms with van der Waals surface area (Å²) in [5.41, 5.74) is 2.16. The number of para-hydroxylation sites is 1. The monoisotopic (exact) mass is 400 g/mol. The predicted octanol–water partition coefficient (Wildman–Crippen LogP) is 7.74. The van der Waals surface area contributed by atoms with Crippen molar-refractivity contribution in [3.05, 3.63) is 35.4 Å². The Morgan fingerprint density at radius 1 is 1.00 bits per heavy atom. The summed E-state index contributed by atoms with van der Waals surface area (Å²) in [5.74, 6) is 0.542. The van der Waals surface area contributed by atoms with E-state index in [9.17, 15) is 4.79 Å². The van der Waals surface area contributed by atoms with Crippen LogP contribution >= 0.6 is 0 Å². The van der Waals surface area contributed by atoms with Gasteiger partial charge in [-0.3, -0.25) is 0 Å². The number of carbonyl (C=O) groups is 1. The molecule has 29 heavy (non-hydrogen) atoms. The van der Waals surface area contributed by atoms with E-state index in [0.29, 0.717) is 12.5 Å². The molecule has 0 unspecified atom stereocenters. The molecule has 1 N–H and O–H groups in total. The molecule has 1 aromatic rings. The van der Waals surface area contributed by atoms with Gasteiger partial charge in [0.25, 0.3) is 0 Å². The number of carboxylic acid groups (broad SMARTS) is 1. The van der Waals surface area contributed by atoms with Crippen molar-refractivity contribution in [1.29, 1.82) is 0 Å². The Balaban J connectivity index is 1.78. The maximum absolute atomic E-state index is 11.0. The van der Waals surface area contributed by atoms with E-state index in [0.717, 1.165) is 17.7 Å². The molecule has 1 aromatic carbocycles. The van der Waals surface area contributed by atoms with E-state index in [1.54, 1.807) is 6.08 Å². The van der Waals surface area contributed by atoms with Gasteiger partial charge in [-0.25, -0.2) is 4.79 Å². The first-order valence-corrected chi connectivity index (χ1v) is 11.9. The molecule has 1 fully saturated rings. The summed E-state index contributed by atoms with van der Waals surface area (Å²) in [6, 6.07) is 6.16. The van der Waals surface area contributed by atoms with Gasteiger partial charge in [-0.05, 0) is 36.8 Å². The van der Waals surface area contributed by atoms with Crippen LogP contribution in [0.1, 0.15) is 114 Å². The summed E-state index contributed by atoms with van der Waals surface area (Å²) in [6.45, 7) is 2.98. The Labute approximate surface area is 177 Å². The Morgan fingerprint density at radius 3 is 2.24 bits per heavy atom. The maximum atomic E-state index is 11.0. The number of aliphatic carboxylic acids is 1. The van der Waals surface area contributed by atoms with Crippen molar-refractivity contribution in [2.75, 3.05) is 6.61 Å². The maximum Gasteiger partial charge on any atom is 0.328 e. The zero-order valence-electron chi connectivity index (χ0n) is 18.3. The Bertz CT molecular complexity index is 614. The largest absolute Gasteiger partial charge is 0.493 e. The Kier molecular flexibility index (Phi) is 11.6. The topological polar surface area (TPSA) is 46.5 Å². The van der Waals surface area contributed by atoms with Crippen molar-refractivity contribution in [1.82, 2.24) is 0 Å². The van der Waals surface area contributed by atoms with Gasteiger partial charge in [0.05, 0.1) is 6.61 Å². The van der Waals surface area contributed by atoms with E-state index < -0.39 is 5.97 Å². The van der Waals surface area contributed by atoms with Crippen molar-refractivity contribution in [2.24, 2.45) is 0 Å². The van der Waals surface area contributed by atoms with Crippen molar-refractivity contribution < 1.29 is 14.6 Å². The molecular formula is C26H40O3. The molecule has 1 aliphatic rings. The first-order valence-electron chi connectivity index (χ1n) is 11.9. The summed E-state index contributed by atoms with van der Waals surface area (Å²) in [4.78, 5) is 11.0. The van der Waals surface area contributed by atoms with Gasteiger partial charge in [0.15, 0.2) is 0 Å². The van der Waals surface area contributed by atoms with Crippen molar-refractivity contribution in [3.8, 4) is 5.75 Å². The average Bonchev–Trinajstić information content (AvgIpc) is 3.25. The summed E-state index contributed by atoms with van der Waals surface area (Å²) in [7, 11) is 0. The normalized spacial score (nSPS) is 14.7. The average molecular weight is 401 g/mol. The highest BCUT2D eigenvalue weighted by Gasteiger charge is 2.22. The molecule has 0 saturated heterocycles. The molecule has 3 nitrogen and oxygen atoms in total. The first-order chi connectivity index (χ1) is 14.2. The van der Waals surface area contributed by atoms with Crippen LogP contribution in [0.3, 0.4) is 0 Å². The molecule has 0 amide bonds. The summed E-state index contributed by atoms with van der Waals surface area (Å²) < 4.78 is 6.24. The smallest absolute Gasteiger partial charge is 0.328 e. The van der Waals surface area contributed by atoms with Crippen LogP contribution in [0.25, 0.3) is 6.08 Å². The lowest BCUT2D eigenvalue weighted by molar-refractivity contribution is -0.131. The SMILES string of the molecule is CCCCCCCCCCCCOc1c(/C=C/C(=O)O)cccc1C1CCCC1. The zero-order valence-corrected chi connectivity index (χ0v) is 18.3. The summed E-state index contributed by atoms with van der Waals surface area (Å²) in [6.07, 6.45) is 21.0. The molecule has 0 bridgehead atoms. The molecule has 162 valence electrons. The number of carboxylic acids is 1. The quantitative estimate of drug-likeness (QED) is 0.242. The molecule has 0 heterocycles. The van der Waals surface area contributed by atoms with E-state index in [2.05, 4.69) is 13.0 Å². The van der Waals surface area contributed by atoms with Gasteiger partial charge in [-0.2, -0.15) is 0 Å². The third-order valence-corrected chi connectivity index (χ3v) is 6.02. The fourth-order valence-corrected chi connectivity index (χ4v) is 4.35. The van der Waals surface area contributed by atoms with Gasteiger partial charge >= 0.3 is 5.97 Å². The summed E-state index contributed by atoms with van der Waals surface area (Å²) >= 11 is 0. The highest BCUT2D eigenvalue weighted by molar-refractivity contribution is 5.86. The molecule has 0 spiro atoms. The summed E-state index contributed by atoms with van der Waals surface area (Å²) in [5, 5.41) is 9.00. The highest BCUT2D eigenvalue weighted by Crippen LogP contribution is 2.40. The minimum absolute atomic E-state index is 0.552. The second-order valence-corrected chi connectivity index (χ2v) is 8.45. The Morgan fingerprint density at radius 2 is 1.62 bits per heavy atom. The molecule has 3 heteroatoms. The van der Waals surface area contributed by atoms with Crippen molar-refractivity contribution in [2.45, 2.75) is 103 Å². The van der Waals surface area contributed by atoms with Crippen LogP contribution in [0.4, 0.5) is 0 Å². The standard InChI is InChI=1S/C26H40O3/c1-2-3-4-5-6-7-8-9-10-13-21-29-26-23(19-20-25(27)28)17-14-18-24(26)22-15-11-12-16-22/h14,17-20,22H,2-13,15-16,21H2,1H3,(H,27,28)/b20-19+. The number of rotatable bonds is 15. The number of benzene rings is 1. The molecule has 0 radical (unpaired) electrons. The molecule has 1 aliphatic carbocycles. The molecule has 1 saturated carbocycles. The molecule has 0 atom stereocenters. The minimum atomic E-state index is -0.920. The zero-order chi connectivity index (χ0) is 20.7. The van der Waals surface area contributed by atoms with Crippen LogP contribution in [0, 0.1) is 0 Å². The minimum Gasteiger partial charge on any atom is -0.493 e. The van der Waals surface area contributed by atoms with Crippen LogP contribution in [-0.4, -0.2) is 17.7 Å². The molecule has 0 aliphatic heterocycles. The van der Waals surface area contributed by atoms with Crippen LogP contribution in [0.2, 0.25) is 0 Å². The van der Waals surface area contributed by atoms with Crippen molar-refractivity contribution in [3.63, 3.8) is 0 Å². The fraction of sp³-hybridized carbons (Fsp3) is 0.654. The van der Waals surface area contributed by atoms with Gasteiger partial charge in [-0.1, -0.05) is 95.8 Å². The van der Waals surface area contributed by atoms with Crippen molar-refractivity contribution >= 4 is 12.0 Å². The van der Waals surface area contributed by atoms with E-state index >= 15 is 0 Å². The van der Waals surface area contributed by atoms with E-state index in [1.807, 2.05) is 12.1 Å². The van der Waals surface area contributed by atoms with Crippen LogP contribution < -0.4 is 4.74 Å². The fourth-order valence-electron chi connectivity index (χ4n) is 4.35. The predicted molar refractivity (Wildman–Crippen MR) is 122 cm³/mol. The van der Waals surface area contributed by atoms with E-state index in [4.69, 9.17) is 9.84 Å². The lowest BCUT2D eigenvalue weighted by Crippen LogP contribution is -2.04. The second-order valence-electron chi connectivity index (χ2n) is 8.45. The van der Waals surface area contributed by atoms with Gasteiger partial charge < -0.3 is 9.84 Å². The lowest BCUT2D eigenvalue weighted by atomic mass is 9.94. The highest BCUT2D eigenvalue weighted by atomic mass is 16.5. The van der Waals surface area contributed by atoms with Crippen LogP contribution in [0.5, 0.6) is 5.75 Å². The number of unbranched alkanes of at least 4 members (excludes halogenated alkanes) is 9. The molecule has 0 aromatic heterocycles. The lowest BCUT2D eigenvalue weighted by Gasteiger charge is -2.18. The number of hydrogen-bond acceptors (Lipinski definition) is 2. The van der Waals surface area contributed by atoms with E-state index in [1.165, 1.54) is 95.1 Å². The molecular weight excluding hydrogens is 360 g/mol. The van der Waals surface area contributed by atoms with Gasteiger partial charge in [0.2, 0.25) is 0 Å². The van der Waals surface area contributed by atoms with Gasteiger partial charge in [0, 0.05) is 11.6 Å².